The summed E-state index contributed by atoms with van der Waals surface area (Å²) in [7, 11) is 1.55. The van der Waals surface area contributed by atoms with Crippen LogP contribution < -0.4 is 9.47 Å². The van der Waals surface area contributed by atoms with Crippen molar-refractivity contribution >= 4 is 34.9 Å². The number of ether oxygens (including phenoxy) is 2. The van der Waals surface area contributed by atoms with Gasteiger partial charge in [-0.2, -0.15) is 5.26 Å². The van der Waals surface area contributed by atoms with Gasteiger partial charge < -0.3 is 9.47 Å². The Hall–Kier alpha value is -2.29. The zero-order chi connectivity index (χ0) is 17.8. The summed E-state index contributed by atoms with van der Waals surface area (Å²) in [5.41, 5.74) is 1.29. The van der Waals surface area contributed by atoms with Crippen LogP contribution in [0.15, 0.2) is 24.7 Å². The quantitative estimate of drug-likeness (QED) is 0.687. The van der Waals surface area contributed by atoms with Crippen molar-refractivity contribution in [3.63, 3.8) is 0 Å². The molecule has 0 atom stereocenters. The molecule has 25 heavy (non-hydrogen) atoms. The lowest BCUT2D eigenvalue weighted by atomic mass is 10.1. The lowest BCUT2D eigenvalue weighted by Gasteiger charge is -2.11. The van der Waals surface area contributed by atoms with E-state index in [2.05, 4.69) is 16.0 Å². The summed E-state index contributed by atoms with van der Waals surface area (Å²) < 4.78 is 11.1. The summed E-state index contributed by atoms with van der Waals surface area (Å²) in [5, 5.41) is 10.3. The van der Waals surface area contributed by atoms with Crippen molar-refractivity contribution < 1.29 is 9.47 Å². The third kappa shape index (κ3) is 4.22. The van der Waals surface area contributed by atoms with Gasteiger partial charge in [-0.05, 0) is 24.8 Å². The number of nitriles is 1. The van der Waals surface area contributed by atoms with Gasteiger partial charge in [-0.25, -0.2) is 0 Å². The van der Waals surface area contributed by atoms with Crippen molar-refractivity contribution in [1.82, 2.24) is 9.97 Å². The average molecular weight is 376 g/mol. The second-order valence-corrected chi connectivity index (χ2v) is 6.48. The number of hydrogen-bond acceptors (Lipinski definition) is 5. The number of methoxy groups -OCH3 is 1. The largest absolute Gasteiger partial charge is 0.491 e. The molecule has 0 amide bonds. The van der Waals surface area contributed by atoms with Crippen molar-refractivity contribution in [1.29, 1.82) is 5.26 Å². The fraction of sp³-hybridized carbons (Fsp3) is 0.278. The van der Waals surface area contributed by atoms with E-state index in [-0.39, 0.29) is 0 Å². The summed E-state index contributed by atoms with van der Waals surface area (Å²) in [6.07, 6.45) is 8.44. The molecule has 1 aliphatic carbocycles. The molecule has 1 aliphatic rings. The highest BCUT2D eigenvalue weighted by Gasteiger charge is 2.23. The third-order valence-corrected chi connectivity index (χ3v) is 4.40. The second kappa shape index (κ2) is 7.73. The van der Waals surface area contributed by atoms with Crippen LogP contribution in [0.1, 0.15) is 24.1 Å². The third-order valence-electron chi connectivity index (χ3n) is 3.80. The first kappa shape index (κ1) is 17.5. The zero-order valence-corrected chi connectivity index (χ0v) is 15.0. The van der Waals surface area contributed by atoms with E-state index < -0.39 is 0 Å². The maximum Gasteiger partial charge on any atom is 0.179 e. The molecule has 2 aromatic heterocycles. The molecule has 0 bridgehead atoms. The zero-order valence-electron chi connectivity index (χ0n) is 13.5. The van der Waals surface area contributed by atoms with Gasteiger partial charge in [0.1, 0.15) is 6.07 Å². The summed E-state index contributed by atoms with van der Waals surface area (Å²) in [6.45, 7) is 0.632. The fourth-order valence-corrected chi connectivity index (χ4v) is 2.67. The molecular weight excluding hydrogens is 361 g/mol. The maximum atomic E-state index is 9.54. The summed E-state index contributed by atoms with van der Waals surface area (Å²) in [4.78, 5) is 8.19. The van der Waals surface area contributed by atoms with Gasteiger partial charge in [0.05, 0.1) is 41.2 Å². The minimum atomic E-state index is 0.314. The lowest BCUT2D eigenvalue weighted by molar-refractivity contribution is 0.279. The molecule has 2 heterocycles. The molecule has 0 aromatic carbocycles. The molecule has 0 spiro atoms. The van der Waals surface area contributed by atoms with Gasteiger partial charge in [0.2, 0.25) is 0 Å². The Morgan fingerprint density at radius 2 is 2.00 bits per heavy atom. The Morgan fingerprint density at radius 3 is 2.60 bits per heavy atom. The van der Waals surface area contributed by atoms with Crippen LogP contribution in [-0.2, 0) is 0 Å². The minimum absolute atomic E-state index is 0.314. The highest BCUT2D eigenvalue weighted by molar-refractivity contribution is 6.37. The second-order valence-electron chi connectivity index (χ2n) is 5.66. The molecule has 0 radical (unpaired) electrons. The Kier molecular flexibility index (Phi) is 5.42. The van der Waals surface area contributed by atoms with Gasteiger partial charge in [0.25, 0.3) is 0 Å². The van der Waals surface area contributed by atoms with Gasteiger partial charge in [-0.15, -0.1) is 0 Å². The van der Waals surface area contributed by atoms with E-state index >= 15 is 0 Å². The van der Waals surface area contributed by atoms with E-state index in [1.54, 1.807) is 25.4 Å². The van der Waals surface area contributed by atoms with Crippen LogP contribution in [0.25, 0.3) is 11.6 Å². The molecule has 1 saturated carbocycles. The van der Waals surface area contributed by atoms with Crippen LogP contribution in [0.3, 0.4) is 0 Å². The molecule has 5 nitrogen and oxygen atoms in total. The highest BCUT2D eigenvalue weighted by Crippen LogP contribution is 2.34. The number of pyridine rings is 2. The maximum absolute atomic E-state index is 9.54. The van der Waals surface area contributed by atoms with E-state index in [1.165, 1.54) is 25.2 Å². The predicted octanol–water partition coefficient (Wildman–Crippen LogP) is 4.64. The number of aromatic nitrogens is 2. The van der Waals surface area contributed by atoms with Crippen molar-refractivity contribution in [3.05, 3.63) is 46.0 Å². The van der Waals surface area contributed by atoms with E-state index in [0.29, 0.717) is 50.9 Å². The first-order chi connectivity index (χ1) is 12.1. The van der Waals surface area contributed by atoms with Gasteiger partial charge >= 0.3 is 0 Å². The monoisotopic (exact) mass is 375 g/mol. The molecule has 128 valence electrons. The normalized spacial score (nSPS) is 14.1. The molecule has 0 unspecified atom stereocenters. The molecule has 0 saturated heterocycles. The number of allylic oxidation sites excluding steroid dienone is 1. The van der Waals surface area contributed by atoms with Crippen LogP contribution >= 0.6 is 23.2 Å². The Labute approximate surface area is 155 Å². The van der Waals surface area contributed by atoms with Gasteiger partial charge in [-0.3, -0.25) is 9.97 Å². The molecule has 2 aromatic rings. The standard InChI is InChI=1S/C18H15Cl2N3O2/c1-24-18-9-23-16(5-17(18)25-10-11-2-3-11)12(6-21)4-13-14(19)7-22-8-15(13)20/h4-5,7-9,11H,2-3,10H2,1H3. The fourth-order valence-electron chi connectivity index (χ4n) is 2.20. The van der Waals surface area contributed by atoms with Crippen LogP contribution in [-0.4, -0.2) is 23.7 Å². The van der Waals surface area contributed by atoms with E-state index in [0.717, 1.165) is 0 Å². The van der Waals surface area contributed by atoms with Crippen molar-refractivity contribution in [3.8, 4) is 17.6 Å². The number of hydrogen-bond donors (Lipinski definition) is 0. The topological polar surface area (TPSA) is 68.0 Å². The highest BCUT2D eigenvalue weighted by atomic mass is 35.5. The first-order valence-electron chi connectivity index (χ1n) is 7.70. The summed E-state index contributed by atoms with van der Waals surface area (Å²) >= 11 is 12.2. The molecule has 0 aliphatic heterocycles. The van der Waals surface area contributed by atoms with Gasteiger partial charge in [0.15, 0.2) is 11.5 Å². The predicted molar refractivity (Wildman–Crippen MR) is 96.7 cm³/mol. The summed E-state index contributed by atoms with van der Waals surface area (Å²) in [5.74, 6) is 1.69. The SMILES string of the molecule is COc1cnc(C(C#N)=Cc2c(Cl)cncc2Cl)cc1OCC1CC1. The first-order valence-corrected chi connectivity index (χ1v) is 8.46. The van der Waals surface area contributed by atoms with Gasteiger partial charge in [0, 0.05) is 24.0 Å². The Balaban J connectivity index is 1.96. The summed E-state index contributed by atoms with van der Waals surface area (Å²) in [6, 6.07) is 3.82. The number of nitrogens with zero attached hydrogens (tertiary/aromatic N) is 3. The molecular formula is C18H15Cl2N3O2. The van der Waals surface area contributed by atoms with Crippen molar-refractivity contribution in [2.24, 2.45) is 5.92 Å². The van der Waals surface area contributed by atoms with E-state index in [9.17, 15) is 5.26 Å². The molecule has 3 rings (SSSR count). The Bertz CT molecular complexity index is 838. The minimum Gasteiger partial charge on any atom is -0.491 e. The number of halogens is 2. The van der Waals surface area contributed by atoms with E-state index in [4.69, 9.17) is 32.7 Å². The van der Waals surface area contributed by atoms with Crippen molar-refractivity contribution in [2.45, 2.75) is 12.8 Å². The van der Waals surface area contributed by atoms with Gasteiger partial charge in [-0.1, -0.05) is 23.2 Å². The van der Waals surface area contributed by atoms with Crippen LogP contribution in [0.5, 0.6) is 11.5 Å². The van der Waals surface area contributed by atoms with Crippen LogP contribution in [0, 0.1) is 17.2 Å². The Morgan fingerprint density at radius 1 is 1.28 bits per heavy atom. The number of rotatable bonds is 6. The smallest absolute Gasteiger partial charge is 0.179 e. The van der Waals surface area contributed by atoms with Crippen molar-refractivity contribution in [2.75, 3.05) is 13.7 Å². The van der Waals surface area contributed by atoms with Crippen LogP contribution in [0.2, 0.25) is 10.0 Å². The van der Waals surface area contributed by atoms with Crippen LogP contribution in [0.4, 0.5) is 0 Å². The van der Waals surface area contributed by atoms with E-state index in [1.807, 2.05) is 0 Å². The average Bonchev–Trinajstić information content (AvgIpc) is 3.44. The lowest BCUT2D eigenvalue weighted by Crippen LogP contribution is -2.02. The molecule has 7 heteroatoms. The molecule has 1 fully saturated rings. The molecule has 0 N–H and O–H groups in total.